The lowest BCUT2D eigenvalue weighted by Crippen LogP contribution is -2.19. The standard InChI is InChI=1S/C23H22N6O3/c1-23(2,3)18-13-19(29-32-18)28-22(31)26-16-9-7-15(8-10-16)25-21(30)17-11-6-14-5-4-12-24-20(14)27-17/h4-13H,1-3H3,(H,25,30)(H2,26,28,29,31). The van der Waals surface area contributed by atoms with Crippen LogP contribution in [0.15, 0.2) is 65.3 Å². The number of pyridine rings is 2. The second-order valence-electron chi connectivity index (χ2n) is 8.18. The fraction of sp³-hybridized carbons (Fsp3) is 0.174. The van der Waals surface area contributed by atoms with Gasteiger partial charge in [-0.05, 0) is 48.5 Å². The van der Waals surface area contributed by atoms with E-state index in [1.165, 1.54) is 0 Å². The molecule has 0 radical (unpaired) electrons. The lowest BCUT2D eigenvalue weighted by molar-refractivity contribution is 0.102. The zero-order valence-electron chi connectivity index (χ0n) is 17.8. The van der Waals surface area contributed by atoms with Gasteiger partial charge >= 0.3 is 6.03 Å². The first-order valence-electron chi connectivity index (χ1n) is 9.96. The Labute approximate surface area is 184 Å². The molecular formula is C23H22N6O3. The number of carbonyl (C=O) groups excluding carboxylic acids is 2. The van der Waals surface area contributed by atoms with Gasteiger partial charge in [0.05, 0.1) is 0 Å². The van der Waals surface area contributed by atoms with Gasteiger partial charge in [0, 0.05) is 34.4 Å². The Morgan fingerprint density at radius 3 is 2.31 bits per heavy atom. The predicted molar refractivity (Wildman–Crippen MR) is 122 cm³/mol. The molecule has 3 N–H and O–H groups in total. The van der Waals surface area contributed by atoms with E-state index in [0.717, 1.165) is 5.39 Å². The average Bonchev–Trinajstić information content (AvgIpc) is 3.23. The second-order valence-corrected chi connectivity index (χ2v) is 8.18. The molecule has 0 aliphatic heterocycles. The number of amides is 3. The fourth-order valence-corrected chi connectivity index (χ4v) is 2.88. The van der Waals surface area contributed by atoms with Gasteiger partial charge in [0.2, 0.25) is 0 Å². The summed E-state index contributed by atoms with van der Waals surface area (Å²) in [5, 5.41) is 12.8. The van der Waals surface area contributed by atoms with Crippen LogP contribution in [0.5, 0.6) is 0 Å². The minimum Gasteiger partial charge on any atom is -0.359 e. The SMILES string of the molecule is CC(C)(C)c1cc(NC(=O)Nc2ccc(NC(=O)c3ccc4cccnc4n3)cc2)no1. The lowest BCUT2D eigenvalue weighted by atomic mass is 9.93. The van der Waals surface area contributed by atoms with E-state index < -0.39 is 6.03 Å². The van der Waals surface area contributed by atoms with Crippen molar-refractivity contribution in [2.24, 2.45) is 0 Å². The topological polar surface area (TPSA) is 122 Å². The number of aromatic nitrogens is 3. The number of benzene rings is 1. The number of hydrogen-bond acceptors (Lipinski definition) is 6. The van der Waals surface area contributed by atoms with Crippen molar-refractivity contribution in [1.82, 2.24) is 15.1 Å². The zero-order chi connectivity index (χ0) is 22.7. The minimum absolute atomic E-state index is 0.206. The summed E-state index contributed by atoms with van der Waals surface area (Å²) >= 11 is 0. The van der Waals surface area contributed by atoms with E-state index in [2.05, 4.69) is 31.1 Å². The van der Waals surface area contributed by atoms with Gasteiger partial charge in [-0.25, -0.2) is 14.8 Å². The molecule has 4 aromatic rings. The van der Waals surface area contributed by atoms with Gasteiger partial charge in [0.15, 0.2) is 11.5 Å². The van der Waals surface area contributed by atoms with E-state index in [9.17, 15) is 9.59 Å². The van der Waals surface area contributed by atoms with Crippen molar-refractivity contribution in [2.75, 3.05) is 16.0 Å². The Hall–Kier alpha value is -4.27. The van der Waals surface area contributed by atoms with Crippen molar-refractivity contribution in [3.8, 4) is 0 Å². The monoisotopic (exact) mass is 430 g/mol. The Morgan fingerprint density at radius 2 is 1.62 bits per heavy atom. The zero-order valence-corrected chi connectivity index (χ0v) is 17.8. The Balaban J connectivity index is 1.35. The van der Waals surface area contributed by atoms with E-state index in [0.29, 0.717) is 28.6 Å². The number of rotatable bonds is 4. The van der Waals surface area contributed by atoms with Crippen molar-refractivity contribution in [3.63, 3.8) is 0 Å². The summed E-state index contributed by atoms with van der Waals surface area (Å²) in [5.74, 6) is 0.648. The van der Waals surface area contributed by atoms with E-state index in [1.807, 2.05) is 32.9 Å². The first kappa shape index (κ1) is 21.0. The normalized spacial score (nSPS) is 11.2. The second kappa shape index (κ2) is 8.46. The highest BCUT2D eigenvalue weighted by molar-refractivity contribution is 6.04. The van der Waals surface area contributed by atoms with Crippen LogP contribution in [0.4, 0.5) is 22.0 Å². The molecule has 4 rings (SSSR count). The summed E-state index contributed by atoms with van der Waals surface area (Å²) in [4.78, 5) is 33.2. The molecule has 0 saturated carbocycles. The van der Waals surface area contributed by atoms with Crippen LogP contribution in [0.1, 0.15) is 37.0 Å². The summed E-state index contributed by atoms with van der Waals surface area (Å²) in [6.07, 6.45) is 1.63. The van der Waals surface area contributed by atoms with Crippen LogP contribution in [0, 0.1) is 0 Å². The number of anilines is 3. The van der Waals surface area contributed by atoms with E-state index in [1.54, 1.807) is 48.7 Å². The molecule has 9 nitrogen and oxygen atoms in total. The Kier molecular flexibility index (Phi) is 5.55. The van der Waals surface area contributed by atoms with Gasteiger partial charge in [0.25, 0.3) is 5.91 Å². The van der Waals surface area contributed by atoms with Gasteiger partial charge in [0.1, 0.15) is 11.5 Å². The smallest absolute Gasteiger partial charge is 0.324 e. The third-order valence-corrected chi connectivity index (χ3v) is 4.59. The van der Waals surface area contributed by atoms with Crippen molar-refractivity contribution >= 4 is 40.2 Å². The maximum absolute atomic E-state index is 12.5. The van der Waals surface area contributed by atoms with E-state index in [-0.39, 0.29) is 17.0 Å². The highest BCUT2D eigenvalue weighted by Gasteiger charge is 2.20. The number of carbonyl (C=O) groups is 2. The van der Waals surface area contributed by atoms with Gasteiger partial charge in [-0.15, -0.1) is 0 Å². The molecule has 0 unspecified atom stereocenters. The molecule has 0 fully saturated rings. The molecule has 0 saturated heterocycles. The fourth-order valence-electron chi connectivity index (χ4n) is 2.88. The van der Waals surface area contributed by atoms with Crippen LogP contribution in [0.3, 0.4) is 0 Å². The van der Waals surface area contributed by atoms with Crippen molar-refractivity contribution < 1.29 is 14.1 Å². The highest BCUT2D eigenvalue weighted by Crippen LogP contribution is 2.24. The van der Waals surface area contributed by atoms with Gasteiger partial charge in [-0.1, -0.05) is 25.9 Å². The molecule has 32 heavy (non-hydrogen) atoms. The van der Waals surface area contributed by atoms with Crippen molar-refractivity contribution in [1.29, 1.82) is 0 Å². The third kappa shape index (κ3) is 4.89. The van der Waals surface area contributed by atoms with Crippen LogP contribution >= 0.6 is 0 Å². The van der Waals surface area contributed by atoms with Crippen molar-refractivity contribution in [3.05, 3.63) is 72.2 Å². The molecule has 162 valence electrons. The number of fused-ring (bicyclic) bond motifs is 1. The molecule has 0 atom stereocenters. The van der Waals surface area contributed by atoms with Crippen molar-refractivity contribution in [2.45, 2.75) is 26.2 Å². The molecule has 3 heterocycles. The van der Waals surface area contributed by atoms with Crippen LogP contribution in [0.2, 0.25) is 0 Å². The molecule has 3 aromatic heterocycles. The van der Waals surface area contributed by atoms with Gasteiger partial charge in [-0.2, -0.15) is 0 Å². The molecular weight excluding hydrogens is 408 g/mol. The molecule has 3 amide bonds. The van der Waals surface area contributed by atoms with Crippen LogP contribution in [-0.4, -0.2) is 27.1 Å². The largest absolute Gasteiger partial charge is 0.359 e. The van der Waals surface area contributed by atoms with Crippen LogP contribution in [0.25, 0.3) is 11.0 Å². The number of urea groups is 1. The van der Waals surface area contributed by atoms with Gasteiger partial charge in [-0.3, -0.25) is 10.1 Å². The summed E-state index contributed by atoms with van der Waals surface area (Å²) in [5.41, 5.74) is 1.68. The summed E-state index contributed by atoms with van der Waals surface area (Å²) in [6, 6.07) is 15.1. The Bertz CT molecular complexity index is 1270. The quantitative estimate of drug-likeness (QED) is 0.427. The predicted octanol–water partition coefficient (Wildman–Crippen LogP) is 4.81. The number of nitrogens with one attached hydrogen (secondary N) is 3. The lowest BCUT2D eigenvalue weighted by Gasteiger charge is -2.12. The molecule has 0 aliphatic rings. The van der Waals surface area contributed by atoms with E-state index >= 15 is 0 Å². The molecule has 0 spiro atoms. The summed E-state index contributed by atoms with van der Waals surface area (Å²) in [6.45, 7) is 5.97. The van der Waals surface area contributed by atoms with Crippen LogP contribution in [-0.2, 0) is 5.41 Å². The summed E-state index contributed by atoms with van der Waals surface area (Å²) in [7, 11) is 0. The van der Waals surface area contributed by atoms with E-state index in [4.69, 9.17) is 4.52 Å². The molecule has 0 aliphatic carbocycles. The molecule has 9 heteroatoms. The number of nitrogens with zero attached hydrogens (tertiary/aromatic N) is 3. The minimum atomic E-state index is -0.455. The maximum Gasteiger partial charge on any atom is 0.324 e. The Morgan fingerprint density at radius 1 is 0.906 bits per heavy atom. The first-order valence-corrected chi connectivity index (χ1v) is 9.96. The average molecular weight is 430 g/mol. The van der Waals surface area contributed by atoms with Crippen LogP contribution < -0.4 is 16.0 Å². The molecule has 1 aromatic carbocycles. The molecule has 0 bridgehead atoms. The van der Waals surface area contributed by atoms with Gasteiger partial charge < -0.3 is 15.2 Å². The number of hydrogen-bond donors (Lipinski definition) is 3. The summed E-state index contributed by atoms with van der Waals surface area (Å²) < 4.78 is 5.25. The highest BCUT2D eigenvalue weighted by atomic mass is 16.5. The maximum atomic E-state index is 12.5. The first-order chi connectivity index (χ1) is 15.3. The third-order valence-electron chi connectivity index (χ3n) is 4.59.